The third kappa shape index (κ3) is 5.93. The van der Waals surface area contributed by atoms with Gasteiger partial charge in [0.15, 0.2) is 0 Å². The molecule has 0 amide bonds. The van der Waals surface area contributed by atoms with E-state index in [-0.39, 0.29) is 29.7 Å². The van der Waals surface area contributed by atoms with Crippen molar-refractivity contribution in [3.63, 3.8) is 0 Å². The van der Waals surface area contributed by atoms with E-state index in [0.29, 0.717) is 12.1 Å². The molecule has 162 valence electrons. The van der Waals surface area contributed by atoms with E-state index >= 15 is 0 Å². The summed E-state index contributed by atoms with van der Waals surface area (Å²) in [4.78, 5) is 11.2. The van der Waals surface area contributed by atoms with E-state index in [0.717, 1.165) is 24.5 Å². The molecule has 13 heteroatoms. The Morgan fingerprint density at radius 3 is 2.39 bits per heavy atom. The molecule has 0 saturated carbocycles. The molecule has 31 heavy (non-hydrogen) atoms. The first kappa shape index (κ1) is 22.1. The van der Waals surface area contributed by atoms with Crippen molar-refractivity contribution in [2.24, 2.45) is 10.2 Å². The molecule has 0 atom stereocenters. The van der Waals surface area contributed by atoms with Crippen molar-refractivity contribution in [3.05, 3.63) is 71.3 Å². The number of azo groups is 1. The average molecular weight is 444 g/mol. The lowest BCUT2D eigenvalue weighted by Crippen LogP contribution is -2.09. The standard InChI is InChI=1S/C18H11F7N6/c19-14-5-4-12(7-13(14)18(23,24)25)29-15-26-9-27-16(30-15)31-28-8-10-2-1-3-11(6-10)17(20,21)22/h1-7,9H,8H2,(H,26,27,29,30). The Bertz CT molecular complexity index is 1100. The summed E-state index contributed by atoms with van der Waals surface area (Å²) in [6, 6.07) is 6.76. The van der Waals surface area contributed by atoms with Gasteiger partial charge in [-0.15, -0.1) is 5.11 Å². The number of anilines is 2. The van der Waals surface area contributed by atoms with E-state index in [1.807, 2.05) is 0 Å². The van der Waals surface area contributed by atoms with Gasteiger partial charge in [-0.2, -0.15) is 41.4 Å². The summed E-state index contributed by atoms with van der Waals surface area (Å²) < 4.78 is 89.9. The van der Waals surface area contributed by atoms with Crippen LogP contribution < -0.4 is 5.32 Å². The molecule has 0 radical (unpaired) electrons. The number of halogens is 7. The van der Waals surface area contributed by atoms with Crippen LogP contribution in [-0.2, 0) is 18.9 Å². The van der Waals surface area contributed by atoms with Crippen LogP contribution in [0.25, 0.3) is 0 Å². The number of aromatic nitrogens is 3. The van der Waals surface area contributed by atoms with Gasteiger partial charge in [0.05, 0.1) is 17.7 Å². The van der Waals surface area contributed by atoms with Crippen LogP contribution in [0.3, 0.4) is 0 Å². The van der Waals surface area contributed by atoms with Crippen LogP contribution in [0.2, 0.25) is 0 Å². The third-order valence-corrected chi connectivity index (χ3v) is 3.75. The van der Waals surface area contributed by atoms with E-state index in [2.05, 4.69) is 30.5 Å². The Morgan fingerprint density at radius 1 is 0.903 bits per heavy atom. The number of alkyl halides is 6. The van der Waals surface area contributed by atoms with Crippen LogP contribution in [0.1, 0.15) is 16.7 Å². The van der Waals surface area contributed by atoms with Crippen LogP contribution in [-0.4, -0.2) is 15.0 Å². The van der Waals surface area contributed by atoms with Gasteiger partial charge < -0.3 is 5.32 Å². The molecule has 1 aromatic heterocycles. The summed E-state index contributed by atoms with van der Waals surface area (Å²) in [6.45, 7) is -0.189. The molecular weight excluding hydrogens is 433 g/mol. The second-order valence-corrected chi connectivity index (χ2v) is 6.02. The summed E-state index contributed by atoms with van der Waals surface area (Å²) in [5, 5.41) is 9.85. The summed E-state index contributed by atoms with van der Waals surface area (Å²) in [7, 11) is 0. The molecule has 0 aliphatic rings. The van der Waals surface area contributed by atoms with Gasteiger partial charge in [-0.1, -0.05) is 12.1 Å². The highest BCUT2D eigenvalue weighted by atomic mass is 19.4. The predicted octanol–water partition coefficient (Wildman–Crippen LogP) is 6.08. The quantitative estimate of drug-likeness (QED) is 0.383. The fraction of sp³-hybridized carbons (Fsp3) is 0.167. The summed E-state index contributed by atoms with van der Waals surface area (Å²) >= 11 is 0. The lowest BCUT2D eigenvalue weighted by atomic mass is 10.1. The maximum Gasteiger partial charge on any atom is 0.419 e. The molecule has 0 saturated heterocycles. The lowest BCUT2D eigenvalue weighted by Gasteiger charge is -2.10. The summed E-state index contributed by atoms with van der Waals surface area (Å²) in [5.74, 6) is -1.86. The molecule has 0 bridgehead atoms. The van der Waals surface area contributed by atoms with Gasteiger partial charge in [0.25, 0.3) is 5.95 Å². The number of hydrogen-bond donors (Lipinski definition) is 1. The molecule has 3 aromatic rings. The van der Waals surface area contributed by atoms with Gasteiger partial charge in [-0.3, -0.25) is 0 Å². The summed E-state index contributed by atoms with van der Waals surface area (Å²) in [5.41, 5.74) is -2.18. The fourth-order valence-corrected chi connectivity index (χ4v) is 2.37. The number of hydrogen-bond acceptors (Lipinski definition) is 6. The monoisotopic (exact) mass is 444 g/mol. The largest absolute Gasteiger partial charge is 0.419 e. The second-order valence-electron chi connectivity index (χ2n) is 6.02. The van der Waals surface area contributed by atoms with Crippen molar-refractivity contribution in [3.8, 4) is 0 Å². The SMILES string of the molecule is Fc1ccc(Nc2ncnc(N=NCc3cccc(C(F)(F)F)c3)n2)cc1C(F)(F)F. The molecule has 0 aliphatic carbocycles. The molecule has 6 nitrogen and oxygen atoms in total. The second kappa shape index (κ2) is 8.62. The number of nitrogens with one attached hydrogen (secondary N) is 1. The van der Waals surface area contributed by atoms with E-state index in [9.17, 15) is 30.7 Å². The zero-order valence-electron chi connectivity index (χ0n) is 15.2. The first-order valence-corrected chi connectivity index (χ1v) is 8.39. The normalized spacial score (nSPS) is 12.4. The zero-order chi connectivity index (χ0) is 22.6. The fourth-order valence-electron chi connectivity index (χ4n) is 2.37. The van der Waals surface area contributed by atoms with Gasteiger partial charge in [0.1, 0.15) is 12.1 Å². The van der Waals surface area contributed by atoms with E-state index < -0.39 is 29.3 Å². The van der Waals surface area contributed by atoms with Crippen molar-refractivity contribution in [2.75, 3.05) is 5.32 Å². The van der Waals surface area contributed by atoms with Crippen molar-refractivity contribution < 1.29 is 30.7 Å². The predicted molar refractivity (Wildman–Crippen MR) is 94.2 cm³/mol. The number of nitrogens with zero attached hydrogens (tertiary/aromatic N) is 5. The Hall–Kier alpha value is -3.64. The van der Waals surface area contributed by atoms with Crippen LogP contribution in [0, 0.1) is 5.82 Å². The maximum absolute atomic E-state index is 13.4. The van der Waals surface area contributed by atoms with Crippen molar-refractivity contribution in [1.29, 1.82) is 0 Å². The van der Waals surface area contributed by atoms with E-state index in [1.165, 1.54) is 12.1 Å². The Labute approximate surface area is 169 Å². The minimum Gasteiger partial charge on any atom is -0.324 e. The van der Waals surface area contributed by atoms with E-state index in [1.54, 1.807) is 0 Å². The highest BCUT2D eigenvalue weighted by molar-refractivity contribution is 5.55. The molecule has 2 aromatic carbocycles. The molecule has 0 unspecified atom stereocenters. The Kier molecular flexibility index (Phi) is 6.13. The molecular formula is C18H11F7N6. The molecule has 1 N–H and O–H groups in total. The Balaban J connectivity index is 1.71. The number of rotatable bonds is 5. The smallest absolute Gasteiger partial charge is 0.324 e. The van der Waals surface area contributed by atoms with Gasteiger partial charge >= 0.3 is 12.4 Å². The Morgan fingerprint density at radius 2 is 1.68 bits per heavy atom. The van der Waals surface area contributed by atoms with Gasteiger partial charge in [0, 0.05) is 5.69 Å². The lowest BCUT2D eigenvalue weighted by molar-refractivity contribution is -0.140. The van der Waals surface area contributed by atoms with Crippen LogP contribution >= 0.6 is 0 Å². The third-order valence-electron chi connectivity index (χ3n) is 3.75. The average Bonchev–Trinajstić information content (AvgIpc) is 2.69. The highest BCUT2D eigenvalue weighted by Crippen LogP contribution is 2.33. The molecule has 0 aliphatic heterocycles. The maximum atomic E-state index is 13.4. The summed E-state index contributed by atoms with van der Waals surface area (Å²) in [6.07, 6.45) is -8.37. The van der Waals surface area contributed by atoms with Gasteiger partial charge in [-0.25, -0.2) is 9.37 Å². The van der Waals surface area contributed by atoms with E-state index in [4.69, 9.17) is 0 Å². The van der Waals surface area contributed by atoms with Crippen molar-refractivity contribution >= 4 is 17.6 Å². The zero-order valence-corrected chi connectivity index (χ0v) is 15.2. The topological polar surface area (TPSA) is 75.4 Å². The van der Waals surface area contributed by atoms with Gasteiger partial charge in [-0.05, 0) is 35.9 Å². The first-order chi connectivity index (χ1) is 14.5. The minimum atomic E-state index is -4.89. The van der Waals surface area contributed by atoms with Crippen LogP contribution in [0.5, 0.6) is 0 Å². The highest BCUT2D eigenvalue weighted by Gasteiger charge is 2.34. The van der Waals surface area contributed by atoms with Crippen LogP contribution in [0.15, 0.2) is 59.0 Å². The molecule has 0 fully saturated rings. The van der Waals surface area contributed by atoms with Crippen molar-refractivity contribution in [1.82, 2.24) is 15.0 Å². The first-order valence-electron chi connectivity index (χ1n) is 8.39. The van der Waals surface area contributed by atoms with Gasteiger partial charge in [0.2, 0.25) is 5.95 Å². The minimum absolute atomic E-state index is 0.133. The molecule has 0 spiro atoms. The van der Waals surface area contributed by atoms with Crippen molar-refractivity contribution in [2.45, 2.75) is 18.9 Å². The van der Waals surface area contributed by atoms with Crippen LogP contribution in [0.4, 0.5) is 48.3 Å². The molecule has 3 rings (SSSR count). The number of benzene rings is 2. The molecule has 1 heterocycles.